The summed E-state index contributed by atoms with van der Waals surface area (Å²) < 4.78 is 7.14. The Labute approximate surface area is 188 Å². The van der Waals surface area contributed by atoms with Gasteiger partial charge in [0.1, 0.15) is 11.6 Å². The number of nitrogens with one attached hydrogen (secondary N) is 2. The molecular weight excluding hydrogens is 404 g/mol. The third kappa shape index (κ3) is 5.97. The maximum absolute atomic E-state index is 12.6. The molecule has 32 heavy (non-hydrogen) atoms. The van der Waals surface area contributed by atoms with E-state index in [-0.39, 0.29) is 30.4 Å². The average Bonchev–Trinajstić information content (AvgIpc) is 3.15. The summed E-state index contributed by atoms with van der Waals surface area (Å²) in [6.45, 7) is 9.93. The van der Waals surface area contributed by atoms with E-state index in [4.69, 9.17) is 9.84 Å². The van der Waals surface area contributed by atoms with E-state index < -0.39 is 0 Å². The summed E-state index contributed by atoms with van der Waals surface area (Å²) in [6.07, 6.45) is 0. The topological polar surface area (TPSA) is 85.3 Å². The molecule has 3 aromatic rings. The molecule has 2 amide bonds. The molecule has 0 radical (unpaired) electrons. The van der Waals surface area contributed by atoms with Crippen LogP contribution in [0.25, 0.3) is 5.69 Å². The van der Waals surface area contributed by atoms with Gasteiger partial charge in [-0.3, -0.25) is 9.59 Å². The minimum absolute atomic E-state index is 0.161. The smallest absolute Gasteiger partial charge is 0.258 e. The predicted octanol–water partition coefficient (Wildman–Crippen LogP) is 3.92. The summed E-state index contributed by atoms with van der Waals surface area (Å²) in [5.41, 5.74) is 3.76. The van der Waals surface area contributed by atoms with Crippen LogP contribution in [0.1, 0.15) is 37.6 Å². The van der Waals surface area contributed by atoms with Gasteiger partial charge in [0.05, 0.1) is 17.9 Å². The van der Waals surface area contributed by atoms with Crippen molar-refractivity contribution in [1.82, 2.24) is 15.1 Å². The number of aryl methyl sites for hydroxylation is 2. The van der Waals surface area contributed by atoms with E-state index in [0.29, 0.717) is 11.6 Å². The number of carbonyl (C=O) groups is 2. The molecule has 168 valence electrons. The third-order valence-electron chi connectivity index (χ3n) is 4.89. The van der Waals surface area contributed by atoms with E-state index in [1.165, 1.54) is 0 Å². The zero-order valence-corrected chi connectivity index (χ0v) is 19.2. The number of amides is 2. The summed E-state index contributed by atoms with van der Waals surface area (Å²) in [5.74, 6) is 0.438. The van der Waals surface area contributed by atoms with E-state index in [9.17, 15) is 9.59 Å². The molecule has 0 saturated heterocycles. The highest BCUT2D eigenvalue weighted by Gasteiger charge is 2.22. The minimum atomic E-state index is -0.373. The number of nitrogens with zero attached hydrogens (tertiary/aromatic N) is 2. The van der Waals surface area contributed by atoms with Gasteiger partial charge in [0.15, 0.2) is 6.61 Å². The van der Waals surface area contributed by atoms with E-state index >= 15 is 0 Å². The van der Waals surface area contributed by atoms with E-state index in [2.05, 4.69) is 37.5 Å². The minimum Gasteiger partial charge on any atom is -0.484 e. The number of carbonyl (C=O) groups excluding carboxylic acids is 2. The van der Waals surface area contributed by atoms with Gasteiger partial charge < -0.3 is 15.4 Å². The van der Waals surface area contributed by atoms with E-state index in [1.807, 2.05) is 50.2 Å². The van der Waals surface area contributed by atoms with Crippen LogP contribution in [0, 0.1) is 13.8 Å². The Morgan fingerprint density at radius 3 is 2.38 bits per heavy atom. The van der Waals surface area contributed by atoms with Crippen molar-refractivity contribution in [3.63, 3.8) is 0 Å². The summed E-state index contributed by atoms with van der Waals surface area (Å²) in [6, 6.07) is 17.0. The standard InChI is InChI=1S/C25H30N4O3/c1-17-11-12-20(18(2)13-17)29-22(14-21(28-29)25(3,4)5)27-23(30)15-26-24(31)16-32-19-9-7-6-8-10-19/h6-14H,15-16H2,1-5H3,(H,26,31)(H,27,30). The van der Waals surface area contributed by atoms with Crippen LogP contribution >= 0.6 is 0 Å². The van der Waals surface area contributed by atoms with Crippen molar-refractivity contribution in [1.29, 1.82) is 0 Å². The second-order valence-corrected chi connectivity index (χ2v) is 8.79. The zero-order chi connectivity index (χ0) is 23.3. The Morgan fingerprint density at radius 2 is 1.72 bits per heavy atom. The second-order valence-electron chi connectivity index (χ2n) is 8.79. The lowest BCUT2D eigenvalue weighted by Gasteiger charge is -2.14. The molecule has 0 aliphatic carbocycles. The van der Waals surface area contributed by atoms with Gasteiger partial charge in [0.25, 0.3) is 5.91 Å². The number of rotatable bonds is 7. The lowest BCUT2D eigenvalue weighted by molar-refractivity contribution is -0.125. The second kappa shape index (κ2) is 9.68. The van der Waals surface area contributed by atoms with Crippen LogP contribution < -0.4 is 15.4 Å². The molecule has 0 saturated carbocycles. The number of hydrogen-bond acceptors (Lipinski definition) is 4. The monoisotopic (exact) mass is 434 g/mol. The van der Waals surface area contributed by atoms with Crippen molar-refractivity contribution >= 4 is 17.6 Å². The van der Waals surface area contributed by atoms with E-state index in [0.717, 1.165) is 22.5 Å². The number of benzene rings is 2. The van der Waals surface area contributed by atoms with E-state index in [1.54, 1.807) is 16.8 Å². The molecule has 7 heteroatoms. The number of para-hydroxylation sites is 1. The molecule has 0 bridgehead atoms. The molecule has 2 aromatic carbocycles. The van der Waals surface area contributed by atoms with Crippen LogP contribution in [0.3, 0.4) is 0 Å². The summed E-state index contributed by atoms with van der Waals surface area (Å²) in [5, 5.41) is 10.2. The quantitative estimate of drug-likeness (QED) is 0.590. The molecule has 2 N–H and O–H groups in total. The average molecular weight is 435 g/mol. The first-order valence-corrected chi connectivity index (χ1v) is 10.6. The zero-order valence-electron chi connectivity index (χ0n) is 19.2. The van der Waals surface area contributed by atoms with Crippen LogP contribution in [0.4, 0.5) is 5.82 Å². The van der Waals surface area contributed by atoms with Crippen molar-refractivity contribution < 1.29 is 14.3 Å². The number of anilines is 1. The Balaban J connectivity index is 1.68. The Morgan fingerprint density at radius 1 is 1.00 bits per heavy atom. The fourth-order valence-corrected chi connectivity index (χ4v) is 3.15. The highest BCUT2D eigenvalue weighted by atomic mass is 16.5. The lowest BCUT2D eigenvalue weighted by atomic mass is 9.92. The van der Waals surface area contributed by atoms with Gasteiger partial charge in [0.2, 0.25) is 5.91 Å². The van der Waals surface area contributed by atoms with Gasteiger partial charge in [-0.15, -0.1) is 0 Å². The molecule has 0 atom stereocenters. The Bertz CT molecular complexity index is 1100. The molecule has 0 aliphatic heterocycles. The van der Waals surface area contributed by atoms with Gasteiger partial charge in [-0.05, 0) is 37.6 Å². The molecule has 7 nitrogen and oxygen atoms in total. The Hall–Kier alpha value is -3.61. The number of hydrogen-bond donors (Lipinski definition) is 2. The SMILES string of the molecule is Cc1ccc(-n2nc(C(C)(C)C)cc2NC(=O)CNC(=O)COc2ccccc2)c(C)c1. The van der Waals surface area contributed by atoms with Crippen LogP contribution in [0.15, 0.2) is 54.6 Å². The molecule has 1 aromatic heterocycles. The summed E-state index contributed by atoms with van der Waals surface area (Å²) >= 11 is 0. The molecule has 0 unspecified atom stereocenters. The van der Waals surface area contributed by atoms with Crippen molar-refractivity contribution in [2.45, 2.75) is 40.0 Å². The fraction of sp³-hybridized carbons (Fsp3) is 0.320. The molecule has 0 aliphatic rings. The van der Waals surface area contributed by atoms with Gasteiger partial charge in [0, 0.05) is 11.5 Å². The maximum Gasteiger partial charge on any atom is 0.258 e. The first kappa shape index (κ1) is 23.1. The van der Waals surface area contributed by atoms with Gasteiger partial charge in [-0.1, -0.05) is 56.7 Å². The third-order valence-corrected chi connectivity index (χ3v) is 4.89. The number of ether oxygens (including phenoxy) is 1. The normalized spacial score (nSPS) is 11.2. The summed E-state index contributed by atoms with van der Waals surface area (Å²) in [7, 11) is 0. The highest BCUT2D eigenvalue weighted by molar-refractivity contribution is 5.94. The molecule has 1 heterocycles. The van der Waals surface area contributed by atoms with Crippen molar-refractivity contribution in [2.24, 2.45) is 0 Å². The number of aromatic nitrogens is 2. The molecule has 0 spiro atoms. The first-order valence-electron chi connectivity index (χ1n) is 10.6. The lowest BCUT2D eigenvalue weighted by Crippen LogP contribution is -2.36. The van der Waals surface area contributed by atoms with Crippen LogP contribution in [-0.4, -0.2) is 34.7 Å². The van der Waals surface area contributed by atoms with Crippen LogP contribution in [0.5, 0.6) is 5.75 Å². The predicted molar refractivity (Wildman–Crippen MR) is 125 cm³/mol. The van der Waals surface area contributed by atoms with Crippen molar-refractivity contribution in [2.75, 3.05) is 18.5 Å². The fourth-order valence-electron chi connectivity index (χ4n) is 3.15. The highest BCUT2D eigenvalue weighted by Crippen LogP contribution is 2.27. The van der Waals surface area contributed by atoms with Crippen LogP contribution in [0.2, 0.25) is 0 Å². The van der Waals surface area contributed by atoms with Gasteiger partial charge in [-0.25, -0.2) is 4.68 Å². The molecule has 3 rings (SSSR count). The first-order chi connectivity index (χ1) is 15.1. The molecule has 0 fully saturated rings. The molecular formula is C25H30N4O3. The maximum atomic E-state index is 12.6. The van der Waals surface area contributed by atoms with Crippen molar-refractivity contribution in [3.05, 3.63) is 71.4 Å². The van der Waals surface area contributed by atoms with Crippen molar-refractivity contribution in [3.8, 4) is 11.4 Å². The van der Waals surface area contributed by atoms with Gasteiger partial charge in [-0.2, -0.15) is 5.10 Å². The van der Waals surface area contributed by atoms with Gasteiger partial charge >= 0.3 is 0 Å². The Kier molecular flexibility index (Phi) is 6.98. The summed E-state index contributed by atoms with van der Waals surface area (Å²) in [4.78, 5) is 24.6. The largest absolute Gasteiger partial charge is 0.484 e. The van der Waals surface area contributed by atoms with Crippen LogP contribution in [-0.2, 0) is 15.0 Å².